The molecule has 0 saturated carbocycles. The van der Waals surface area contributed by atoms with Crippen LogP contribution in [0, 0.1) is 0 Å². The number of sulfonamides is 1. The van der Waals surface area contributed by atoms with Gasteiger partial charge in [-0.2, -0.15) is 0 Å². The number of hydrogen-bond donors (Lipinski definition) is 2. The molecular weight excluding hydrogens is 242 g/mol. The van der Waals surface area contributed by atoms with Crippen LogP contribution in [0.1, 0.15) is 5.82 Å². The summed E-state index contributed by atoms with van der Waals surface area (Å²) >= 11 is 0. The summed E-state index contributed by atoms with van der Waals surface area (Å²) in [4.78, 5) is 10.3. The van der Waals surface area contributed by atoms with Crippen LogP contribution in [0.4, 0.5) is 0 Å². The molecule has 17 heavy (non-hydrogen) atoms. The first-order chi connectivity index (χ1) is 8.09. The molecule has 0 unspecified atom stereocenters. The number of aromatic nitrogens is 4. The summed E-state index contributed by atoms with van der Waals surface area (Å²) in [5, 5.41) is 0.0670. The third kappa shape index (κ3) is 2.71. The van der Waals surface area contributed by atoms with Gasteiger partial charge in [0.1, 0.15) is 5.82 Å². The summed E-state index contributed by atoms with van der Waals surface area (Å²) in [6, 6.07) is 0. The average molecular weight is 255 g/mol. The van der Waals surface area contributed by atoms with Gasteiger partial charge in [-0.25, -0.2) is 23.1 Å². The van der Waals surface area contributed by atoms with E-state index in [1.54, 1.807) is 6.20 Å². The van der Waals surface area contributed by atoms with Crippen LogP contribution in [0.5, 0.6) is 0 Å². The Bertz CT molecular complexity index is 572. The van der Waals surface area contributed by atoms with Crippen LogP contribution in [0.15, 0.2) is 29.9 Å². The molecule has 0 atom stereocenters. The van der Waals surface area contributed by atoms with Crippen LogP contribution < -0.4 is 4.72 Å². The molecule has 0 aliphatic heterocycles. The molecule has 2 rings (SSSR count). The van der Waals surface area contributed by atoms with Gasteiger partial charge in [0, 0.05) is 32.4 Å². The molecule has 8 heteroatoms. The van der Waals surface area contributed by atoms with Crippen molar-refractivity contribution in [3.8, 4) is 0 Å². The van der Waals surface area contributed by atoms with Gasteiger partial charge in [0.25, 0.3) is 10.0 Å². The summed E-state index contributed by atoms with van der Waals surface area (Å²) in [5.74, 6) is 0.831. The van der Waals surface area contributed by atoms with Gasteiger partial charge in [-0.15, -0.1) is 0 Å². The van der Waals surface area contributed by atoms with Gasteiger partial charge in [0.2, 0.25) is 0 Å². The second-order valence-corrected chi connectivity index (χ2v) is 5.25. The Morgan fingerprint density at radius 3 is 2.94 bits per heavy atom. The number of rotatable bonds is 5. The van der Waals surface area contributed by atoms with Crippen LogP contribution in [0.25, 0.3) is 0 Å². The molecular formula is C9H13N5O2S. The maximum absolute atomic E-state index is 11.7. The highest BCUT2D eigenvalue weighted by Crippen LogP contribution is 2.02. The molecule has 0 aliphatic rings. The third-order valence-corrected chi connectivity index (χ3v) is 3.71. The van der Waals surface area contributed by atoms with Gasteiger partial charge in [-0.3, -0.25) is 0 Å². The lowest BCUT2D eigenvalue weighted by molar-refractivity contribution is 0.577. The van der Waals surface area contributed by atoms with Crippen molar-refractivity contribution in [2.24, 2.45) is 7.05 Å². The molecule has 7 nitrogen and oxygen atoms in total. The van der Waals surface area contributed by atoms with Crippen LogP contribution in [0.3, 0.4) is 0 Å². The Morgan fingerprint density at radius 1 is 1.53 bits per heavy atom. The van der Waals surface area contributed by atoms with E-state index in [0.717, 1.165) is 5.82 Å². The van der Waals surface area contributed by atoms with Gasteiger partial charge < -0.3 is 9.55 Å². The fraction of sp³-hybridized carbons (Fsp3) is 0.333. The Labute approximate surface area is 99.0 Å². The Morgan fingerprint density at radius 2 is 2.35 bits per heavy atom. The van der Waals surface area contributed by atoms with E-state index in [0.29, 0.717) is 13.0 Å². The summed E-state index contributed by atoms with van der Waals surface area (Å²) < 4.78 is 27.7. The van der Waals surface area contributed by atoms with Gasteiger partial charge >= 0.3 is 0 Å². The van der Waals surface area contributed by atoms with Gasteiger partial charge in [-0.1, -0.05) is 0 Å². The number of imidazole rings is 2. The second-order valence-electron chi connectivity index (χ2n) is 3.52. The topological polar surface area (TPSA) is 92.7 Å². The van der Waals surface area contributed by atoms with E-state index in [1.165, 1.54) is 12.5 Å². The van der Waals surface area contributed by atoms with Gasteiger partial charge in [0.05, 0.1) is 12.5 Å². The standard InChI is InChI=1S/C9H13N5O2S/c1-14-5-4-11-8(14)2-3-13-17(15,16)9-6-10-7-12-9/h4-7,13H,2-3H2,1H3,(H,10,12). The number of aryl methyl sites for hydroxylation is 1. The first kappa shape index (κ1) is 11.8. The van der Waals surface area contributed by atoms with Crippen LogP contribution in [-0.2, 0) is 23.5 Å². The number of nitrogens with zero attached hydrogens (tertiary/aromatic N) is 3. The number of nitrogens with one attached hydrogen (secondary N) is 2. The molecule has 0 fully saturated rings. The zero-order chi connectivity index (χ0) is 12.3. The molecule has 2 aromatic rings. The van der Waals surface area contributed by atoms with E-state index in [-0.39, 0.29) is 5.03 Å². The zero-order valence-corrected chi connectivity index (χ0v) is 10.1. The molecule has 0 spiro atoms. The SMILES string of the molecule is Cn1ccnc1CCNS(=O)(=O)c1cnc[nH]1. The molecule has 2 aromatic heterocycles. The first-order valence-electron chi connectivity index (χ1n) is 5.04. The van der Waals surface area contributed by atoms with Crippen LogP contribution in [0.2, 0.25) is 0 Å². The van der Waals surface area contributed by atoms with Crippen molar-refractivity contribution in [1.29, 1.82) is 0 Å². The van der Waals surface area contributed by atoms with Crippen molar-refractivity contribution in [1.82, 2.24) is 24.2 Å². The first-order valence-corrected chi connectivity index (χ1v) is 6.52. The Balaban J connectivity index is 1.93. The molecule has 0 aromatic carbocycles. The van der Waals surface area contributed by atoms with Crippen molar-refractivity contribution < 1.29 is 8.42 Å². The quantitative estimate of drug-likeness (QED) is 0.764. The maximum atomic E-state index is 11.7. The minimum atomic E-state index is -3.49. The van der Waals surface area contributed by atoms with Crippen molar-refractivity contribution in [2.45, 2.75) is 11.4 Å². The highest BCUT2D eigenvalue weighted by Gasteiger charge is 2.14. The van der Waals surface area contributed by atoms with Crippen LogP contribution in [-0.4, -0.2) is 34.5 Å². The fourth-order valence-corrected chi connectivity index (χ4v) is 2.34. The normalized spacial score (nSPS) is 11.8. The van der Waals surface area contributed by atoms with E-state index in [2.05, 4.69) is 19.7 Å². The van der Waals surface area contributed by atoms with Crippen molar-refractivity contribution in [3.63, 3.8) is 0 Å². The van der Waals surface area contributed by atoms with E-state index < -0.39 is 10.0 Å². The molecule has 2 heterocycles. The summed E-state index contributed by atoms with van der Waals surface area (Å²) in [6.45, 7) is 0.298. The Kier molecular flexibility index (Phi) is 3.25. The van der Waals surface area contributed by atoms with Gasteiger partial charge in [0.15, 0.2) is 5.03 Å². The summed E-state index contributed by atoms with van der Waals surface area (Å²) in [5.41, 5.74) is 0. The summed E-state index contributed by atoms with van der Waals surface area (Å²) in [6.07, 6.45) is 6.63. The molecule has 0 amide bonds. The lowest BCUT2D eigenvalue weighted by Crippen LogP contribution is -2.26. The minimum Gasteiger partial charge on any atom is -0.338 e. The highest BCUT2D eigenvalue weighted by atomic mass is 32.2. The third-order valence-electron chi connectivity index (χ3n) is 2.32. The lowest BCUT2D eigenvalue weighted by Gasteiger charge is -2.04. The summed E-state index contributed by atoms with van der Waals surface area (Å²) in [7, 11) is -1.62. The molecule has 92 valence electrons. The average Bonchev–Trinajstić information content (AvgIpc) is 2.90. The number of hydrogen-bond acceptors (Lipinski definition) is 4. The molecule has 0 aliphatic carbocycles. The lowest BCUT2D eigenvalue weighted by atomic mass is 10.4. The predicted octanol–water partition coefficient (Wildman–Crippen LogP) is -0.336. The second kappa shape index (κ2) is 4.68. The van der Waals surface area contributed by atoms with E-state index in [4.69, 9.17) is 0 Å². The van der Waals surface area contributed by atoms with Crippen molar-refractivity contribution in [2.75, 3.05) is 6.54 Å². The van der Waals surface area contributed by atoms with E-state index in [1.807, 2.05) is 17.8 Å². The predicted molar refractivity (Wildman–Crippen MR) is 60.7 cm³/mol. The van der Waals surface area contributed by atoms with E-state index >= 15 is 0 Å². The molecule has 2 N–H and O–H groups in total. The monoisotopic (exact) mass is 255 g/mol. The highest BCUT2D eigenvalue weighted by molar-refractivity contribution is 7.89. The maximum Gasteiger partial charge on any atom is 0.257 e. The number of aromatic amines is 1. The van der Waals surface area contributed by atoms with Crippen molar-refractivity contribution >= 4 is 10.0 Å². The molecule has 0 radical (unpaired) electrons. The fourth-order valence-electron chi connectivity index (χ4n) is 1.40. The Hall–Kier alpha value is -1.67. The van der Waals surface area contributed by atoms with E-state index in [9.17, 15) is 8.42 Å². The zero-order valence-electron chi connectivity index (χ0n) is 9.29. The minimum absolute atomic E-state index is 0.0670. The smallest absolute Gasteiger partial charge is 0.257 e. The van der Waals surface area contributed by atoms with Crippen LogP contribution >= 0.6 is 0 Å². The van der Waals surface area contributed by atoms with Crippen molar-refractivity contribution in [3.05, 3.63) is 30.7 Å². The number of H-pyrrole nitrogens is 1. The largest absolute Gasteiger partial charge is 0.338 e. The molecule has 0 bridgehead atoms. The molecule has 0 saturated heterocycles. The van der Waals surface area contributed by atoms with Gasteiger partial charge in [-0.05, 0) is 0 Å².